The lowest BCUT2D eigenvalue weighted by molar-refractivity contribution is 0.0685. The van der Waals surface area contributed by atoms with Crippen LogP contribution >= 0.6 is 34.8 Å². The van der Waals surface area contributed by atoms with Gasteiger partial charge < -0.3 is 5.11 Å². The molecule has 0 amide bonds. The summed E-state index contributed by atoms with van der Waals surface area (Å²) >= 11 is 19.3. The summed E-state index contributed by atoms with van der Waals surface area (Å²) < 4.78 is 0.713. The Labute approximate surface area is 201 Å². The molecule has 2 N–H and O–H groups in total. The van der Waals surface area contributed by atoms with Gasteiger partial charge in [-0.15, -0.1) is 0 Å². The normalized spacial score (nSPS) is 11.8. The molecule has 4 rings (SSSR count). The van der Waals surface area contributed by atoms with Crippen LogP contribution in [-0.2, 0) is 0 Å². The van der Waals surface area contributed by atoms with Crippen LogP contribution in [0.3, 0.4) is 0 Å². The lowest BCUT2D eigenvalue weighted by Gasteiger charge is -2.21. The summed E-state index contributed by atoms with van der Waals surface area (Å²) in [5, 5.41) is 13.7. The monoisotopic (exact) mass is 502 g/mol. The fourth-order valence-corrected chi connectivity index (χ4v) is 4.19. The van der Waals surface area contributed by atoms with Crippen molar-refractivity contribution in [3.63, 3.8) is 0 Å². The summed E-state index contributed by atoms with van der Waals surface area (Å²) in [4.78, 5) is 41.6. The number of nitrogens with one attached hydrogen (secondary N) is 1. The number of hydrogen-bond acceptors (Lipinski definition) is 5. The number of carboxylic acid groups (broad SMARTS) is 1. The van der Waals surface area contributed by atoms with E-state index < -0.39 is 28.8 Å². The molecule has 8 nitrogen and oxygen atoms in total. The Balaban J connectivity index is 1.91. The Bertz CT molecular complexity index is 1440. The number of halogens is 3. The van der Waals surface area contributed by atoms with Crippen molar-refractivity contribution >= 4 is 40.8 Å². The van der Waals surface area contributed by atoms with Gasteiger partial charge in [0.05, 0.1) is 17.3 Å². The van der Waals surface area contributed by atoms with Gasteiger partial charge in [0.2, 0.25) is 5.69 Å². The first-order valence-corrected chi connectivity index (χ1v) is 10.5. The van der Waals surface area contributed by atoms with Crippen LogP contribution in [-0.4, -0.2) is 30.8 Å². The van der Waals surface area contributed by atoms with Crippen LogP contribution in [0.4, 0.5) is 0 Å². The zero-order valence-electron chi connectivity index (χ0n) is 16.5. The van der Waals surface area contributed by atoms with Crippen LogP contribution in [0, 0.1) is 0 Å². The Morgan fingerprint density at radius 2 is 1.67 bits per heavy atom. The summed E-state index contributed by atoms with van der Waals surface area (Å²) in [5.74, 6) is -2.05. The average molecular weight is 504 g/mol. The van der Waals surface area contributed by atoms with Crippen molar-refractivity contribution < 1.29 is 9.90 Å². The van der Waals surface area contributed by atoms with Gasteiger partial charge in [0.1, 0.15) is 0 Å². The Kier molecular flexibility index (Phi) is 6.33. The van der Waals surface area contributed by atoms with Crippen molar-refractivity contribution in [2.24, 2.45) is 0 Å². The number of aromatic amines is 1. The van der Waals surface area contributed by atoms with E-state index in [1.54, 1.807) is 24.4 Å². The smallest absolute Gasteiger partial charge is 0.362 e. The van der Waals surface area contributed by atoms with Crippen molar-refractivity contribution in [3.05, 3.63) is 119 Å². The molecule has 0 aliphatic heterocycles. The number of hydrogen-bond donors (Lipinski definition) is 2. The van der Waals surface area contributed by atoms with Gasteiger partial charge >= 0.3 is 11.7 Å². The third-order valence-corrected chi connectivity index (χ3v) is 5.69. The summed E-state index contributed by atoms with van der Waals surface area (Å²) in [6.45, 7) is 0. The minimum atomic E-state index is -1.59. The maximum Gasteiger partial charge on any atom is 0.362 e. The van der Waals surface area contributed by atoms with Gasteiger partial charge in [-0.05, 0) is 42.0 Å². The van der Waals surface area contributed by atoms with Crippen LogP contribution in [0.25, 0.3) is 5.69 Å². The second-order valence-electron chi connectivity index (χ2n) is 6.89. The van der Waals surface area contributed by atoms with E-state index in [1.807, 2.05) is 29.2 Å². The predicted octanol–water partition coefficient (Wildman–Crippen LogP) is 4.15. The van der Waals surface area contributed by atoms with Crippen LogP contribution in [0.15, 0.2) is 70.4 Å². The van der Waals surface area contributed by atoms with E-state index >= 15 is 0 Å². The molecular formula is C22H13Cl3N4O4. The zero-order valence-corrected chi connectivity index (χ0v) is 18.8. The van der Waals surface area contributed by atoms with Crippen molar-refractivity contribution in [2.75, 3.05) is 0 Å². The number of rotatable bonds is 5. The predicted molar refractivity (Wildman–Crippen MR) is 124 cm³/mol. The average Bonchev–Trinajstić information content (AvgIpc) is 2.77. The van der Waals surface area contributed by atoms with Crippen molar-refractivity contribution in [1.82, 2.24) is 19.7 Å². The molecule has 166 valence electrons. The molecule has 2 heterocycles. The highest BCUT2D eigenvalue weighted by Crippen LogP contribution is 2.40. The highest BCUT2D eigenvalue weighted by molar-refractivity contribution is 6.36. The molecule has 33 heavy (non-hydrogen) atoms. The first-order chi connectivity index (χ1) is 15.8. The molecule has 0 aliphatic carbocycles. The minimum absolute atomic E-state index is 0.0772. The van der Waals surface area contributed by atoms with Gasteiger partial charge in [0.15, 0.2) is 0 Å². The van der Waals surface area contributed by atoms with E-state index in [0.29, 0.717) is 21.0 Å². The molecule has 0 saturated heterocycles. The van der Waals surface area contributed by atoms with E-state index in [9.17, 15) is 14.4 Å². The number of carboxylic acids is 1. The topological polar surface area (TPSA) is 118 Å². The van der Waals surface area contributed by atoms with E-state index in [1.165, 1.54) is 12.1 Å². The molecule has 11 heteroatoms. The maximum atomic E-state index is 12.3. The van der Waals surface area contributed by atoms with Crippen molar-refractivity contribution in [3.8, 4) is 5.69 Å². The third-order valence-electron chi connectivity index (χ3n) is 4.81. The molecule has 0 radical (unpaired) electrons. The molecule has 0 fully saturated rings. The first-order valence-electron chi connectivity index (χ1n) is 9.39. The Morgan fingerprint density at radius 3 is 2.24 bits per heavy atom. The molecule has 0 aliphatic rings. The Morgan fingerprint density at radius 1 is 1.00 bits per heavy atom. The molecule has 2 aromatic heterocycles. The number of H-pyrrole nitrogens is 1. The largest absolute Gasteiger partial charge is 0.476 e. The van der Waals surface area contributed by atoms with Gasteiger partial charge in [0, 0.05) is 26.8 Å². The molecule has 0 bridgehead atoms. The van der Waals surface area contributed by atoms with Crippen LogP contribution in [0.2, 0.25) is 15.1 Å². The molecule has 4 aromatic rings. The summed E-state index contributed by atoms with van der Waals surface area (Å²) in [5.41, 5.74) is -0.823. The number of nitrogens with zero attached hydrogens (tertiary/aromatic N) is 3. The molecule has 2 aromatic carbocycles. The summed E-state index contributed by atoms with van der Waals surface area (Å²) in [7, 11) is 0. The van der Waals surface area contributed by atoms with Gasteiger partial charge in [-0.1, -0.05) is 53.0 Å². The maximum absolute atomic E-state index is 12.3. The van der Waals surface area contributed by atoms with E-state index in [4.69, 9.17) is 39.9 Å². The zero-order chi connectivity index (χ0) is 23.7. The van der Waals surface area contributed by atoms with Crippen LogP contribution in [0.1, 0.15) is 33.2 Å². The van der Waals surface area contributed by atoms with Crippen LogP contribution < -0.4 is 11.2 Å². The molecule has 0 saturated carbocycles. The quantitative estimate of drug-likeness (QED) is 0.422. The standard InChI is InChI=1S/C22H13Cl3N4O4/c23-12-6-4-11(5-7-12)17(16-3-1-2-8-26-16)18-14(24)9-13(10-15(18)25)29-22(33)27-20(30)19(28-29)21(31)32/h1-10,17H,(H,31,32)(H,27,30,33). The molecule has 1 atom stereocenters. The number of aromatic nitrogens is 4. The second kappa shape index (κ2) is 9.19. The number of carbonyl (C=O) groups is 1. The Hall–Kier alpha value is -3.46. The minimum Gasteiger partial charge on any atom is -0.476 e. The molecule has 1 unspecified atom stereocenters. The second-order valence-corrected chi connectivity index (χ2v) is 8.14. The molecule has 0 spiro atoms. The highest BCUT2D eigenvalue weighted by atomic mass is 35.5. The lowest BCUT2D eigenvalue weighted by atomic mass is 9.88. The van der Waals surface area contributed by atoms with Gasteiger partial charge in [-0.3, -0.25) is 14.8 Å². The summed E-state index contributed by atoms with van der Waals surface area (Å²) in [6.07, 6.45) is 1.64. The fraction of sp³-hybridized carbons (Fsp3) is 0.0455. The first kappa shape index (κ1) is 22.7. The lowest BCUT2D eigenvalue weighted by Crippen LogP contribution is -2.35. The number of aromatic carboxylic acids is 1. The highest BCUT2D eigenvalue weighted by Gasteiger charge is 2.25. The fourth-order valence-electron chi connectivity index (χ4n) is 3.37. The van der Waals surface area contributed by atoms with Crippen LogP contribution in [0.5, 0.6) is 0 Å². The van der Waals surface area contributed by atoms with Gasteiger partial charge in [-0.2, -0.15) is 9.78 Å². The van der Waals surface area contributed by atoms with E-state index in [2.05, 4.69) is 10.1 Å². The number of pyridine rings is 1. The van der Waals surface area contributed by atoms with Crippen molar-refractivity contribution in [1.29, 1.82) is 0 Å². The third kappa shape index (κ3) is 4.54. The van der Waals surface area contributed by atoms with E-state index in [0.717, 1.165) is 5.56 Å². The summed E-state index contributed by atoms with van der Waals surface area (Å²) in [6, 6.07) is 15.4. The SMILES string of the molecule is O=C(O)c1nn(-c2cc(Cl)c(C(c3ccc(Cl)cc3)c3ccccn3)c(Cl)c2)c(=O)[nH]c1=O. The van der Waals surface area contributed by atoms with E-state index in [-0.39, 0.29) is 15.7 Å². The van der Waals surface area contributed by atoms with Gasteiger partial charge in [0.25, 0.3) is 5.56 Å². The van der Waals surface area contributed by atoms with Gasteiger partial charge in [-0.25, -0.2) is 9.59 Å². The number of benzene rings is 2. The van der Waals surface area contributed by atoms with Crippen molar-refractivity contribution in [2.45, 2.75) is 5.92 Å². The molecular weight excluding hydrogens is 491 g/mol.